The number of aryl methyl sites for hydroxylation is 1. The van der Waals surface area contributed by atoms with Crippen LogP contribution in [0.4, 0.5) is 0 Å². The number of nitrogens with zero attached hydrogens (tertiary/aromatic N) is 4. The van der Waals surface area contributed by atoms with Gasteiger partial charge in [-0.05, 0) is 50.0 Å². The Balaban J connectivity index is 1.41. The Hall–Kier alpha value is -2.84. The van der Waals surface area contributed by atoms with Crippen LogP contribution in [0.2, 0.25) is 0 Å². The molecule has 1 aliphatic heterocycles. The van der Waals surface area contributed by atoms with E-state index in [9.17, 15) is 10.1 Å². The van der Waals surface area contributed by atoms with E-state index in [1.165, 1.54) is 24.1 Å². The summed E-state index contributed by atoms with van der Waals surface area (Å²) in [5.41, 5.74) is 4.87. The summed E-state index contributed by atoms with van der Waals surface area (Å²) in [6.07, 6.45) is 4.22. The lowest BCUT2D eigenvalue weighted by Crippen LogP contribution is -2.48. The van der Waals surface area contributed by atoms with Gasteiger partial charge in [0.25, 0.3) is 5.91 Å². The van der Waals surface area contributed by atoms with Crippen molar-refractivity contribution in [3.63, 3.8) is 0 Å². The number of hydrogen-bond acceptors (Lipinski definition) is 3. The second-order valence-electron chi connectivity index (χ2n) is 8.15. The van der Waals surface area contributed by atoms with Gasteiger partial charge in [-0.2, -0.15) is 5.26 Å². The highest BCUT2D eigenvalue weighted by molar-refractivity contribution is 6.01. The summed E-state index contributed by atoms with van der Waals surface area (Å²) >= 11 is 0. The van der Waals surface area contributed by atoms with E-state index in [0.717, 1.165) is 30.9 Å². The minimum Gasteiger partial charge on any atom is -0.346 e. The molecule has 2 heterocycles. The lowest BCUT2D eigenvalue weighted by atomic mass is 10.1. The zero-order chi connectivity index (χ0) is 20.4. The maximum absolute atomic E-state index is 13.0. The minimum absolute atomic E-state index is 0.150. The number of hydrogen-bond donors (Lipinski definition) is 0. The third-order valence-electron chi connectivity index (χ3n) is 5.99. The Morgan fingerprint density at radius 2 is 1.83 bits per heavy atom. The van der Waals surface area contributed by atoms with Crippen molar-refractivity contribution < 1.29 is 4.79 Å². The molecule has 2 fully saturated rings. The maximum atomic E-state index is 13.0. The van der Waals surface area contributed by atoms with Crippen LogP contribution < -0.4 is 0 Å². The molecule has 4 rings (SSSR count). The number of piperazine rings is 1. The van der Waals surface area contributed by atoms with Crippen molar-refractivity contribution in [3.8, 4) is 6.07 Å². The maximum Gasteiger partial charge on any atom is 0.264 e. The summed E-state index contributed by atoms with van der Waals surface area (Å²) in [5, 5.41) is 9.64. The Bertz CT molecular complexity index is 955. The van der Waals surface area contributed by atoms with Gasteiger partial charge in [0, 0.05) is 50.2 Å². The molecule has 1 amide bonds. The third-order valence-corrected chi connectivity index (χ3v) is 5.99. The molecule has 0 atom stereocenters. The van der Waals surface area contributed by atoms with Gasteiger partial charge < -0.3 is 9.47 Å². The van der Waals surface area contributed by atoms with Crippen molar-refractivity contribution >= 4 is 12.0 Å². The number of carbonyl (C=O) groups excluding carboxylic acids is 1. The first-order valence-electron chi connectivity index (χ1n) is 10.4. The van der Waals surface area contributed by atoms with Crippen molar-refractivity contribution in [2.24, 2.45) is 0 Å². The van der Waals surface area contributed by atoms with E-state index in [1.54, 1.807) is 6.08 Å². The quantitative estimate of drug-likeness (QED) is 0.580. The molecular weight excluding hydrogens is 360 g/mol. The SMILES string of the molecule is Cc1cc(C=C(C#N)C(=O)N2CCN(Cc3ccccc3)CC2)c(C)n1C1CC1. The van der Waals surface area contributed by atoms with Crippen LogP contribution in [0, 0.1) is 25.2 Å². The Morgan fingerprint density at radius 3 is 2.45 bits per heavy atom. The molecule has 1 aromatic heterocycles. The van der Waals surface area contributed by atoms with E-state index in [2.05, 4.69) is 59.7 Å². The smallest absolute Gasteiger partial charge is 0.264 e. The molecule has 150 valence electrons. The summed E-state index contributed by atoms with van der Waals surface area (Å²) in [5.74, 6) is -0.150. The first-order chi connectivity index (χ1) is 14.1. The monoisotopic (exact) mass is 388 g/mol. The zero-order valence-electron chi connectivity index (χ0n) is 17.3. The van der Waals surface area contributed by atoms with Crippen molar-refractivity contribution in [2.75, 3.05) is 26.2 Å². The molecule has 1 saturated heterocycles. The van der Waals surface area contributed by atoms with Crippen molar-refractivity contribution in [2.45, 2.75) is 39.3 Å². The van der Waals surface area contributed by atoms with E-state index >= 15 is 0 Å². The number of amides is 1. The second-order valence-corrected chi connectivity index (χ2v) is 8.15. The molecule has 0 bridgehead atoms. The van der Waals surface area contributed by atoms with E-state index < -0.39 is 0 Å². The fourth-order valence-corrected chi connectivity index (χ4v) is 4.26. The van der Waals surface area contributed by atoms with Crippen LogP contribution >= 0.6 is 0 Å². The lowest BCUT2D eigenvalue weighted by Gasteiger charge is -2.34. The molecule has 0 N–H and O–H groups in total. The molecule has 1 aliphatic carbocycles. The molecule has 5 heteroatoms. The van der Waals surface area contributed by atoms with Gasteiger partial charge in [0.05, 0.1) is 0 Å². The van der Waals surface area contributed by atoms with Crippen LogP contribution in [-0.4, -0.2) is 46.5 Å². The summed E-state index contributed by atoms with van der Waals surface area (Å²) in [7, 11) is 0. The van der Waals surface area contributed by atoms with Crippen LogP contribution in [-0.2, 0) is 11.3 Å². The predicted octanol–water partition coefficient (Wildman–Crippen LogP) is 3.69. The Morgan fingerprint density at radius 1 is 1.14 bits per heavy atom. The van der Waals surface area contributed by atoms with E-state index in [1.807, 2.05) is 11.0 Å². The molecule has 2 aliphatic rings. The first-order valence-corrected chi connectivity index (χ1v) is 10.4. The predicted molar refractivity (Wildman–Crippen MR) is 114 cm³/mol. The van der Waals surface area contributed by atoms with E-state index in [0.29, 0.717) is 19.1 Å². The molecular formula is C24H28N4O. The zero-order valence-corrected chi connectivity index (χ0v) is 17.3. The standard InChI is InChI=1S/C24H28N4O/c1-18-14-21(19(2)28(18)23-8-9-23)15-22(16-25)24(29)27-12-10-26(11-13-27)17-20-6-4-3-5-7-20/h3-7,14-15,23H,8-13,17H2,1-2H3. The van der Waals surface area contributed by atoms with Crippen LogP contribution in [0.3, 0.4) is 0 Å². The summed E-state index contributed by atoms with van der Waals surface area (Å²) < 4.78 is 2.34. The summed E-state index contributed by atoms with van der Waals surface area (Å²) in [6.45, 7) is 8.06. The van der Waals surface area contributed by atoms with Crippen LogP contribution in [0.1, 0.15) is 41.4 Å². The second kappa shape index (κ2) is 8.26. The van der Waals surface area contributed by atoms with E-state index in [-0.39, 0.29) is 11.5 Å². The molecule has 2 aromatic rings. The molecule has 0 unspecified atom stereocenters. The molecule has 1 aromatic carbocycles. The fourth-order valence-electron chi connectivity index (χ4n) is 4.26. The van der Waals surface area contributed by atoms with Gasteiger partial charge in [-0.1, -0.05) is 30.3 Å². The fraction of sp³-hybridized carbons (Fsp3) is 0.417. The highest BCUT2D eigenvalue weighted by Gasteiger charge is 2.28. The van der Waals surface area contributed by atoms with Gasteiger partial charge in [-0.15, -0.1) is 0 Å². The van der Waals surface area contributed by atoms with Crippen LogP contribution in [0.5, 0.6) is 0 Å². The van der Waals surface area contributed by atoms with Crippen molar-refractivity contribution in [3.05, 3.63) is 64.5 Å². The topological polar surface area (TPSA) is 52.3 Å². The van der Waals surface area contributed by atoms with Gasteiger partial charge in [0.1, 0.15) is 11.6 Å². The number of nitriles is 1. The number of benzene rings is 1. The van der Waals surface area contributed by atoms with Gasteiger partial charge in [0.2, 0.25) is 0 Å². The summed E-state index contributed by atoms with van der Waals surface area (Å²) in [6, 6.07) is 15.2. The average molecular weight is 389 g/mol. The molecule has 29 heavy (non-hydrogen) atoms. The van der Waals surface area contributed by atoms with Crippen LogP contribution in [0.15, 0.2) is 42.0 Å². The normalized spacial score (nSPS) is 18.0. The molecule has 0 radical (unpaired) electrons. The molecule has 1 saturated carbocycles. The molecule has 0 spiro atoms. The van der Waals surface area contributed by atoms with Gasteiger partial charge in [0.15, 0.2) is 0 Å². The largest absolute Gasteiger partial charge is 0.346 e. The first kappa shape index (κ1) is 19.5. The highest BCUT2D eigenvalue weighted by Crippen LogP contribution is 2.38. The minimum atomic E-state index is -0.150. The van der Waals surface area contributed by atoms with E-state index in [4.69, 9.17) is 0 Å². The van der Waals surface area contributed by atoms with Crippen molar-refractivity contribution in [1.82, 2.24) is 14.4 Å². The molecule has 5 nitrogen and oxygen atoms in total. The average Bonchev–Trinajstić information content (AvgIpc) is 3.52. The Kier molecular flexibility index (Phi) is 5.55. The van der Waals surface area contributed by atoms with Crippen molar-refractivity contribution in [1.29, 1.82) is 5.26 Å². The number of carbonyl (C=O) groups is 1. The van der Waals surface area contributed by atoms with Gasteiger partial charge >= 0.3 is 0 Å². The highest BCUT2D eigenvalue weighted by atomic mass is 16.2. The summed E-state index contributed by atoms with van der Waals surface area (Å²) in [4.78, 5) is 17.1. The number of rotatable bonds is 5. The van der Waals surface area contributed by atoms with Gasteiger partial charge in [-0.3, -0.25) is 9.69 Å². The van der Waals surface area contributed by atoms with Gasteiger partial charge in [-0.25, -0.2) is 0 Å². The lowest BCUT2D eigenvalue weighted by molar-refractivity contribution is -0.128. The third kappa shape index (κ3) is 4.28. The number of aromatic nitrogens is 1. The Labute approximate surface area is 172 Å². The van der Waals surface area contributed by atoms with Crippen LogP contribution in [0.25, 0.3) is 6.08 Å².